The highest BCUT2D eigenvalue weighted by atomic mass is 32.2. The van der Waals surface area contributed by atoms with Gasteiger partial charge in [0.2, 0.25) is 0 Å². The first-order valence-corrected chi connectivity index (χ1v) is 10.4. The van der Waals surface area contributed by atoms with Crippen molar-refractivity contribution in [2.45, 2.75) is 12.8 Å². The number of nitrogens with zero attached hydrogens (tertiary/aromatic N) is 1. The minimum absolute atomic E-state index is 0.0465. The lowest BCUT2D eigenvalue weighted by Gasteiger charge is -2.14. The summed E-state index contributed by atoms with van der Waals surface area (Å²) in [6.45, 7) is 2.92. The summed E-state index contributed by atoms with van der Waals surface area (Å²) in [5.41, 5.74) is 0.732. The molecule has 0 bridgehead atoms. The zero-order valence-corrected chi connectivity index (χ0v) is 17.5. The fraction of sp³-hybridized carbons (Fsp3) is 0.450. The van der Waals surface area contributed by atoms with Crippen LogP contribution in [0.5, 0.6) is 11.5 Å². The first kappa shape index (κ1) is 21.2. The summed E-state index contributed by atoms with van der Waals surface area (Å²) >= 11 is 0.895. The van der Waals surface area contributed by atoms with Gasteiger partial charge in [-0.05, 0) is 35.5 Å². The van der Waals surface area contributed by atoms with Crippen molar-refractivity contribution in [3.8, 4) is 11.5 Å². The van der Waals surface area contributed by atoms with Crippen LogP contribution in [0.3, 0.4) is 0 Å². The van der Waals surface area contributed by atoms with Crippen LogP contribution in [0, 0.1) is 0 Å². The molecule has 29 heavy (non-hydrogen) atoms. The SMILES string of the molecule is COc1ccc(/C=C2\SC(=O)N(CCNC(=O)C[NH+]3CCCC3)C2=O)cc1OC. The molecule has 0 radical (unpaired) electrons. The summed E-state index contributed by atoms with van der Waals surface area (Å²) < 4.78 is 10.5. The quantitative estimate of drug-likeness (QED) is 0.597. The number of likely N-dealkylation sites (tertiary alicyclic amines) is 1. The van der Waals surface area contributed by atoms with E-state index in [2.05, 4.69) is 5.32 Å². The fourth-order valence-corrected chi connectivity index (χ4v) is 4.30. The van der Waals surface area contributed by atoms with Crippen LogP contribution in [0.25, 0.3) is 6.08 Å². The molecule has 8 nitrogen and oxygen atoms in total. The second-order valence-electron chi connectivity index (χ2n) is 6.93. The number of carbonyl (C=O) groups excluding carboxylic acids is 3. The third-order valence-corrected chi connectivity index (χ3v) is 5.87. The zero-order valence-electron chi connectivity index (χ0n) is 16.7. The second-order valence-corrected chi connectivity index (χ2v) is 7.92. The molecule has 0 unspecified atom stereocenters. The lowest BCUT2D eigenvalue weighted by molar-refractivity contribution is -0.879. The summed E-state index contributed by atoms with van der Waals surface area (Å²) in [7, 11) is 3.09. The molecular weight excluding hydrogens is 394 g/mol. The highest BCUT2D eigenvalue weighted by molar-refractivity contribution is 8.18. The maximum absolute atomic E-state index is 12.6. The Morgan fingerprint density at radius 1 is 1.21 bits per heavy atom. The third kappa shape index (κ3) is 5.30. The van der Waals surface area contributed by atoms with Crippen molar-refractivity contribution in [2.75, 3.05) is 46.9 Å². The van der Waals surface area contributed by atoms with Gasteiger partial charge >= 0.3 is 0 Å². The second kappa shape index (κ2) is 9.80. The molecule has 3 amide bonds. The number of rotatable bonds is 8. The van der Waals surface area contributed by atoms with Gasteiger partial charge in [-0.1, -0.05) is 6.07 Å². The van der Waals surface area contributed by atoms with Gasteiger partial charge in [0.25, 0.3) is 17.1 Å². The fourth-order valence-electron chi connectivity index (χ4n) is 3.44. The van der Waals surface area contributed by atoms with E-state index in [0.29, 0.717) is 22.9 Å². The van der Waals surface area contributed by atoms with Crippen molar-refractivity contribution in [1.29, 1.82) is 0 Å². The smallest absolute Gasteiger partial charge is 0.293 e. The standard InChI is InChI=1S/C20H25N3O5S/c1-27-15-6-5-14(11-16(15)28-2)12-17-19(25)23(20(26)29-17)10-7-21-18(24)13-22-8-3-4-9-22/h5-6,11-12H,3-4,7-10,13H2,1-2H3,(H,21,24)/p+1/b17-12-. The number of hydrogen-bond acceptors (Lipinski definition) is 6. The molecule has 2 heterocycles. The Hall–Kier alpha value is -2.52. The van der Waals surface area contributed by atoms with Gasteiger partial charge < -0.3 is 19.7 Å². The number of methoxy groups -OCH3 is 2. The van der Waals surface area contributed by atoms with Crippen LogP contribution in [-0.2, 0) is 9.59 Å². The molecule has 0 spiro atoms. The molecule has 3 rings (SSSR count). The third-order valence-electron chi connectivity index (χ3n) is 4.96. The highest BCUT2D eigenvalue weighted by Crippen LogP contribution is 2.34. The van der Waals surface area contributed by atoms with Crippen LogP contribution in [0.2, 0.25) is 0 Å². The Bertz CT molecular complexity index is 820. The topological polar surface area (TPSA) is 89.4 Å². The maximum Gasteiger partial charge on any atom is 0.293 e. The van der Waals surface area contributed by atoms with E-state index in [1.54, 1.807) is 31.4 Å². The highest BCUT2D eigenvalue weighted by Gasteiger charge is 2.34. The summed E-state index contributed by atoms with van der Waals surface area (Å²) in [4.78, 5) is 39.6. The normalized spacial score (nSPS) is 18.6. The first-order valence-electron chi connectivity index (χ1n) is 9.59. The molecule has 0 saturated carbocycles. The zero-order chi connectivity index (χ0) is 20.8. The number of amides is 3. The van der Waals surface area contributed by atoms with Crippen LogP contribution >= 0.6 is 11.8 Å². The van der Waals surface area contributed by atoms with Crippen LogP contribution < -0.4 is 19.7 Å². The van der Waals surface area contributed by atoms with Crippen molar-refractivity contribution in [3.05, 3.63) is 28.7 Å². The predicted octanol–water partition coefficient (Wildman–Crippen LogP) is 0.535. The molecule has 2 fully saturated rings. The van der Waals surface area contributed by atoms with E-state index in [1.807, 2.05) is 0 Å². The Labute approximate surface area is 174 Å². The van der Waals surface area contributed by atoms with Gasteiger partial charge in [-0.25, -0.2) is 0 Å². The average Bonchev–Trinajstić information content (AvgIpc) is 3.31. The van der Waals surface area contributed by atoms with Gasteiger partial charge in [-0.3, -0.25) is 19.3 Å². The van der Waals surface area contributed by atoms with Gasteiger partial charge in [0.05, 0.1) is 32.2 Å². The van der Waals surface area contributed by atoms with Crippen LogP contribution in [0.1, 0.15) is 18.4 Å². The molecule has 0 atom stereocenters. The molecule has 2 aliphatic rings. The average molecular weight is 421 g/mol. The number of carbonyl (C=O) groups is 3. The molecule has 1 aromatic carbocycles. The number of benzene rings is 1. The van der Waals surface area contributed by atoms with Crippen molar-refractivity contribution in [3.63, 3.8) is 0 Å². The Balaban J connectivity index is 1.56. The van der Waals surface area contributed by atoms with Gasteiger partial charge in [-0.2, -0.15) is 0 Å². The minimum Gasteiger partial charge on any atom is -0.493 e. The van der Waals surface area contributed by atoms with Gasteiger partial charge in [-0.15, -0.1) is 0 Å². The van der Waals surface area contributed by atoms with Gasteiger partial charge in [0, 0.05) is 25.9 Å². The molecule has 9 heteroatoms. The number of imide groups is 1. The number of thioether (sulfide) groups is 1. The summed E-state index contributed by atoms with van der Waals surface area (Å²) in [5.74, 6) is 0.733. The summed E-state index contributed by atoms with van der Waals surface area (Å²) in [5, 5.41) is 2.47. The van der Waals surface area contributed by atoms with Crippen LogP contribution in [0.4, 0.5) is 4.79 Å². The Morgan fingerprint density at radius 2 is 1.93 bits per heavy atom. The summed E-state index contributed by atoms with van der Waals surface area (Å²) in [6, 6.07) is 5.27. The van der Waals surface area contributed by atoms with Gasteiger partial charge in [0.15, 0.2) is 18.0 Å². The van der Waals surface area contributed by atoms with Crippen molar-refractivity contribution in [2.24, 2.45) is 0 Å². The van der Waals surface area contributed by atoms with E-state index >= 15 is 0 Å². The lowest BCUT2D eigenvalue weighted by Crippen LogP contribution is -3.11. The first-order chi connectivity index (χ1) is 14.0. The lowest BCUT2D eigenvalue weighted by atomic mass is 10.2. The minimum atomic E-state index is -0.353. The largest absolute Gasteiger partial charge is 0.493 e. The number of quaternary nitrogens is 1. The molecule has 0 aromatic heterocycles. The Morgan fingerprint density at radius 3 is 2.62 bits per heavy atom. The molecule has 2 N–H and O–H groups in total. The van der Waals surface area contributed by atoms with E-state index < -0.39 is 0 Å². The molecular formula is C20H26N3O5S+. The summed E-state index contributed by atoms with van der Waals surface area (Å²) in [6.07, 6.45) is 3.97. The van der Waals surface area contributed by atoms with Crippen molar-refractivity contribution >= 4 is 34.9 Å². The van der Waals surface area contributed by atoms with Crippen LogP contribution in [-0.4, -0.2) is 68.9 Å². The molecule has 1 aromatic rings. The van der Waals surface area contributed by atoms with Crippen LogP contribution in [0.15, 0.2) is 23.1 Å². The Kier molecular flexibility index (Phi) is 7.16. The number of ether oxygens (including phenoxy) is 2. The van der Waals surface area contributed by atoms with E-state index in [0.717, 1.165) is 43.3 Å². The number of nitrogens with one attached hydrogen (secondary N) is 2. The molecule has 2 saturated heterocycles. The molecule has 0 aliphatic carbocycles. The van der Waals surface area contributed by atoms with Crippen molar-refractivity contribution in [1.82, 2.24) is 10.2 Å². The van der Waals surface area contributed by atoms with Gasteiger partial charge in [0.1, 0.15) is 0 Å². The van der Waals surface area contributed by atoms with E-state index in [4.69, 9.17) is 9.47 Å². The monoisotopic (exact) mass is 420 g/mol. The molecule has 156 valence electrons. The van der Waals surface area contributed by atoms with E-state index in [1.165, 1.54) is 16.9 Å². The maximum atomic E-state index is 12.6. The number of hydrogen-bond donors (Lipinski definition) is 2. The molecule has 2 aliphatic heterocycles. The predicted molar refractivity (Wildman–Crippen MR) is 110 cm³/mol. The van der Waals surface area contributed by atoms with E-state index in [9.17, 15) is 14.4 Å². The van der Waals surface area contributed by atoms with E-state index in [-0.39, 0.29) is 30.1 Å². The van der Waals surface area contributed by atoms with Crippen molar-refractivity contribution < 1.29 is 28.8 Å².